The van der Waals surface area contributed by atoms with Crippen molar-refractivity contribution in [1.82, 2.24) is 15.0 Å². The number of pyridine rings is 2. The van der Waals surface area contributed by atoms with E-state index in [4.69, 9.17) is 9.82 Å². The lowest BCUT2D eigenvalue weighted by molar-refractivity contribution is 0.158. The molecule has 6 nitrogen and oxygen atoms in total. The van der Waals surface area contributed by atoms with E-state index in [0.29, 0.717) is 6.61 Å². The maximum Gasteiger partial charge on any atom is 0.125 e. The molecule has 0 saturated heterocycles. The van der Waals surface area contributed by atoms with Crippen molar-refractivity contribution in [2.45, 2.75) is 13.3 Å². The standard InChI is InChI=1S/C19H19N5OS/c1-3-25-23-15-8-10-24(2)16-7-6-14(22-18(15)16)17-12-21-19(26-17)13-5-4-9-20-11-13/h4-7,9,11-12H,3,8,10H2,1-2H3. The van der Waals surface area contributed by atoms with Crippen LogP contribution < -0.4 is 4.90 Å². The fraction of sp³-hybridized carbons (Fsp3) is 0.263. The number of anilines is 1. The van der Waals surface area contributed by atoms with E-state index in [1.54, 1.807) is 17.5 Å². The second kappa shape index (κ2) is 7.21. The average Bonchev–Trinajstić information content (AvgIpc) is 3.18. The van der Waals surface area contributed by atoms with Gasteiger partial charge in [-0.25, -0.2) is 9.97 Å². The Morgan fingerprint density at radius 1 is 1.27 bits per heavy atom. The molecule has 7 heteroatoms. The number of aromatic nitrogens is 3. The van der Waals surface area contributed by atoms with Crippen molar-refractivity contribution in [3.05, 3.63) is 48.5 Å². The molecule has 0 amide bonds. The zero-order chi connectivity index (χ0) is 17.9. The van der Waals surface area contributed by atoms with Gasteiger partial charge in [-0.2, -0.15) is 0 Å². The van der Waals surface area contributed by atoms with Gasteiger partial charge in [-0.05, 0) is 31.2 Å². The average molecular weight is 365 g/mol. The van der Waals surface area contributed by atoms with Gasteiger partial charge >= 0.3 is 0 Å². The Balaban J connectivity index is 1.72. The second-order valence-electron chi connectivity index (χ2n) is 5.96. The number of hydrogen-bond donors (Lipinski definition) is 0. The lowest BCUT2D eigenvalue weighted by Gasteiger charge is -2.27. The predicted octanol–water partition coefficient (Wildman–Crippen LogP) is 3.85. The van der Waals surface area contributed by atoms with Crippen molar-refractivity contribution in [3.63, 3.8) is 0 Å². The quantitative estimate of drug-likeness (QED) is 0.657. The largest absolute Gasteiger partial charge is 0.396 e. The highest BCUT2D eigenvalue weighted by atomic mass is 32.1. The molecule has 132 valence electrons. The summed E-state index contributed by atoms with van der Waals surface area (Å²) in [5.74, 6) is 0. The minimum absolute atomic E-state index is 0.553. The molecule has 0 bridgehead atoms. The van der Waals surface area contributed by atoms with Gasteiger partial charge in [-0.15, -0.1) is 11.3 Å². The molecule has 4 heterocycles. The van der Waals surface area contributed by atoms with Crippen molar-refractivity contribution >= 4 is 22.7 Å². The van der Waals surface area contributed by atoms with Crippen LogP contribution in [0, 0.1) is 0 Å². The van der Waals surface area contributed by atoms with Crippen LogP contribution in [-0.4, -0.2) is 40.9 Å². The number of fused-ring (bicyclic) bond motifs is 1. The molecule has 3 aromatic rings. The summed E-state index contributed by atoms with van der Waals surface area (Å²) in [5.41, 5.74) is 4.78. The molecule has 0 aliphatic carbocycles. The molecule has 1 aliphatic heterocycles. The second-order valence-corrected chi connectivity index (χ2v) is 6.99. The van der Waals surface area contributed by atoms with Crippen LogP contribution >= 0.6 is 11.3 Å². The van der Waals surface area contributed by atoms with Crippen molar-refractivity contribution < 1.29 is 4.84 Å². The van der Waals surface area contributed by atoms with Gasteiger partial charge < -0.3 is 9.74 Å². The third-order valence-electron chi connectivity index (χ3n) is 4.21. The normalized spacial score (nSPS) is 15.2. The first kappa shape index (κ1) is 16.7. The Bertz CT molecular complexity index is 938. The van der Waals surface area contributed by atoms with E-state index < -0.39 is 0 Å². The lowest BCUT2D eigenvalue weighted by atomic mass is 10.1. The minimum Gasteiger partial charge on any atom is -0.396 e. The van der Waals surface area contributed by atoms with Crippen molar-refractivity contribution in [2.75, 3.05) is 25.1 Å². The summed E-state index contributed by atoms with van der Waals surface area (Å²) < 4.78 is 0. The van der Waals surface area contributed by atoms with Crippen molar-refractivity contribution in [3.8, 4) is 21.1 Å². The Morgan fingerprint density at radius 2 is 2.19 bits per heavy atom. The minimum atomic E-state index is 0.553. The van der Waals surface area contributed by atoms with E-state index in [2.05, 4.69) is 33.1 Å². The summed E-state index contributed by atoms with van der Waals surface area (Å²) in [7, 11) is 2.07. The van der Waals surface area contributed by atoms with Gasteiger partial charge in [-0.1, -0.05) is 5.16 Å². The van der Waals surface area contributed by atoms with Crippen LogP contribution in [0.3, 0.4) is 0 Å². The molecule has 0 N–H and O–H groups in total. The van der Waals surface area contributed by atoms with Gasteiger partial charge in [0.2, 0.25) is 0 Å². The highest BCUT2D eigenvalue weighted by molar-refractivity contribution is 7.18. The first-order valence-corrected chi connectivity index (χ1v) is 9.36. The van der Waals surface area contributed by atoms with E-state index in [1.165, 1.54) is 0 Å². The maximum absolute atomic E-state index is 5.29. The molecule has 0 atom stereocenters. The van der Waals surface area contributed by atoms with Gasteiger partial charge in [0.1, 0.15) is 23.0 Å². The number of hydrogen-bond acceptors (Lipinski definition) is 7. The third kappa shape index (κ3) is 3.17. The maximum atomic E-state index is 5.29. The van der Waals surface area contributed by atoms with E-state index in [1.807, 2.05) is 37.5 Å². The molecule has 0 radical (unpaired) electrons. The Labute approximate surface area is 156 Å². The third-order valence-corrected chi connectivity index (χ3v) is 5.28. The van der Waals surface area contributed by atoms with Crippen LogP contribution in [-0.2, 0) is 4.84 Å². The Kier molecular flexibility index (Phi) is 4.62. The molecule has 1 aliphatic rings. The first-order chi connectivity index (χ1) is 12.8. The van der Waals surface area contributed by atoms with E-state index in [9.17, 15) is 0 Å². The van der Waals surface area contributed by atoms with Gasteiger partial charge in [-0.3, -0.25) is 4.98 Å². The first-order valence-electron chi connectivity index (χ1n) is 8.54. The van der Waals surface area contributed by atoms with E-state index >= 15 is 0 Å². The van der Waals surface area contributed by atoms with Crippen LogP contribution in [0.2, 0.25) is 0 Å². The smallest absolute Gasteiger partial charge is 0.125 e. The van der Waals surface area contributed by atoms with Gasteiger partial charge in [0, 0.05) is 44.2 Å². The lowest BCUT2D eigenvalue weighted by Crippen LogP contribution is -2.29. The molecule has 26 heavy (non-hydrogen) atoms. The van der Waals surface area contributed by atoms with Crippen LogP contribution in [0.4, 0.5) is 5.69 Å². The molecule has 0 fully saturated rings. The molecule has 0 saturated carbocycles. The fourth-order valence-electron chi connectivity index (χ4n) is 2.87. The summed E-state index contributed by atoms with van der Waals surface area (Å²) in [4.78, 5) is 22.1. The zero-order valence-electron chi connectivity index (χ0n) is 14.7. The summed E-state index contributed by atoms with van der Waals surface area (Å²) in [6.45, 7) is 3.39. The molecule has 0 aromatic carbocycles. The molecule has 3 aromatic heterocycles. The SMILES string of the molecule is CCON=C1CCN(C)c2ccc(-c3cnc(-c4cccnc4)s3)nc21. The highest BCUT2D eigenvalue weighted by Crippen LogP contribution is 2.33. The number of thiazole rings is 1. The number of rotatable bonds is 4. The predicted molar refractivity (Wildman–Crippen MR) is 105 cm³/mol. The highest BCUT2D eigenvalue weighted by Gasteiger charge is 2.22. The van der Waals surface area contributed by atoms with Crippen LogP contribution in [0.25, 0.3) is 21.1 Å². The topological polar surface area (TPSA) is 63.5 Å². The molecule has 4 rings (SSSR count). The summed E-state index contributed by atoms with van der Waals surface area (Å²) in [5, 5.41) is 5.21. The van der Waals surface area contributed by atoms with Gasteiger partial charge in [0.25, 0.3) is 0 Å². The summed E-state index contributed by atoms with van der Waals surface area (Å²) in [6, 6.07) is 8.07. The Morgan fingerprint density at radius 3 is 3.00 bits per heavy atom. The molecular weight excluding hydrogens is 346 g/mol. The summed E-state index contributed by atoms with van der Waals surface area (Å²) >= 11 is 1.61. The van der Waals surface area contributed by atoms with Crippen molar-refractivity contribution in [1.29, 1.82) is 0 Å². The van der Waals surface area contributed by atoms with E-state index in [-0.39, 0.29) is 0 Å². The molecule has 0 unspecified atom stereocenters. The number of oxime groups is 1. The Hall–Kier alpha value is -2.80. The molecular formula is C19H19N5OS. The van der Waals surface area contributed by atoms with E-state index in [0.717, 1.165) is 51.2 Å². The number of nitrogens with zero attached hydrogens (tertiary/aromatic N) is 5. The van der Waals surface area contributed by atoms with Crippen LogP contribution in [0.1, 0.15) is 19.0 Å². The monoisotopic (exact) mass is 365 g/mol. The fourth-order valence-corrected chi connectivity index (χ4v) is 3.74. The summed E-state index contributed by atoms with van der Waals surface area (Å²) in [6.07, 6.45) is 6.28. The van der Waals surface area contributed by atoms with Crippen LogP contribution in [0.5, 0.6) is 0 Å². The van der Waals surface area contributed by atoms with Crippen molar-refractivity contribution in [2.24, 2.45) is 5.16 Å². The zero-order valence-corrected chi connectivity index (χ0v) is 15.5. The van der Waals surface area contributed by atoms with Gasteiger partial charge in [0.15, 0.2) is 0 Å². The van der Waals surface area contributed by atoms with Crippen LogP contribution in [0.15, 0.2) is 48.0 Å². The molecule has 0 spiro atoms. The van der Waals surface area contributed by atoms with Gasteiger partial charge in [0.05, 0.1) is 16.3 Å².